The smallest absolute Gasteiger partial charge is 0.306 e. The van der Waals surface area contributed by atoms with Crippen LogP contribution < -0.4 is 5.56 Å². The first kappa shape index (κ1) is 17.1. The second-order valence-electron chi connectivity index (χ2n) is 5.68. The predicted molar refractivity (Wildman–Crippen MR) is 98.1 cm³/mol. The lowest BCUT2D eigenvalue weighted by Gasteiger charge is -2.04. The SMILES string of the molecule is O=C(CCc1nc(-c2cccs2)no1)OCc1nc2ccccc2c(=O)[nH]1. The van der Waals surface area contributed by atoms with Gasteiger partial charge in [0.15, 0.2) is 0 Å². The number of H-pyrrole nitrogens is 1. The minimum atomic E-state index is -0.443. The van der Waals surface area contributed by atoms with Crippen molar-refractivity contribution in [2.45, 2.75) is 19.4 Å². The van der Waals surface area contributed by atoms with Crippen molar-refractivity contribution < 1.29 is 14.1 Å². The predicted octanol–water partition coefficient (Wildman–Crippen LogP) is 2.71. The van der Waals surface area contributed by atoms with Crippen molar-refractivity contribution in [1.29, 1.82) is 0 Å². The molecule has 4 aromatic rings. The fraction of sp³-hybridized carbons (Fsp3) is 0.167. The van der Waals surface area contributed by atoms with Crippen molar-refractivity contribution in [3.63, 3.8) is 0 Å². The summed E-state index contributed by atoms with van der Waals surface area (Å²) in [4.78, 5) is 36.0. The number of aromatic amines is 1. The molecular weight excluding hydrogens is 368 g/mol. The number of aryl methyl sites for hydroxylation is 1. The fourth-order valence-corrected chi connectivity index (χ4v) is 3.14. The molecule has 0 saturated carbocycles. The molecule has 0 amide bonds. The van der Waals surface area contributed by atoms with Gasteiger partial charge in [0.25, 0.3) is 5.56 Å². The Labute approximate surface area is 156 Å². The van der Waals surface area contributed by atoms with Crippen molar-refractivity contribution in [3.05, 3.63) is 63.8 Å². The molecule has 0 saturated heterocycles. The lowest BCUT2D eigenvalue weighted by atomic mass is 10.2. The van der Waals surface area contributed by atoms with Crippen molar-refractivity contribution in [2.24, 2.45) is 0 Å². The third kappa shape index (κ3) is 3.93. The zero-order chi connectivity index (χ0) is 18.6. The summed E-state index contributed by atoms with van der Waals surface area (Å²) < 4.78 is 10.3. The summed E-state index contributed by atoms with van der Waals surface area (Å²) in [6.45, 7) is -0.108. The number of nitrogens with one attached hydrogen (secondary N) is 1. The molecule has 0 radical (unpaired) electrons. The Morgan fingerprint density at radius 3 is 2.93 bits per heavy atom. The molecule has 9 heteroatoms. The molecule has 0 aliphatic heterocycles. The van der Waals surface area contributed by atoms with Crippen molar-refractivity contribution in [3.8, 4) is 10.7 Å². The fourth-order valence-electron chi connectivity index (χ4n) is 2.50. The molecule has 0 spiro atoms. The molecule has 3 aromatic heterocycles. The Morgan fingerprint density at radius 1 is 1.19 bits per heavy atom. The topological polar surface area (TPSA) is 111 Å². The summed E-state index contributed by atoms with van der Waals surface area (Å²) in [7, 11) is 0. The molecule has 0 fully saturated rings. The average molecular weight is 382 g/mol. The van der Waals surface area contributed by atoms with Crippen molar-refractivity contribution in [1.82, 2.24) is 20.1 Å². The quantitative estimate of drug-likeness (QED) is 0.510. The molecule has 1 aromatic carbocycles. The second kappa shape index (κ2) is 7.50. The highest BCUT2D eigenvalue weighted by Gasteiger charge is 2.12. The summed E-state index contributed by atoms with van der Waals surface area (Å²) in [5.41, 5.74) is 0.290. The summed E-state index contributed by atoms with van der Waals surface area (Å²) in [6, 6.07) is 10.8. The summed E-state index contributed by atoms with van der Waals surface area (Å²) in [6.07, 6.45) is 0.364. The molecule has 8 nitrogen and oxygen atoms in total. The van der Waals surface area contributed by atoms with E-state index in [-0.39, 0.29) is 25.0 Å². The number of nitrogens with zero attached hydrogens (tertiary/aromatic N) is 3. The van der Waals surface area contributed by atoms with Crippen LogP contribution in [0.2, 0.25) is 0 Å². The molecule has 0 aliphatic rings. The lowest BCUT2D eigenvalue weighted by Crippen LogP contribution is -2.14. The standard InChI is InChI=1S/C18H14N4O4S/c23-16(8-7-15-21-17(22-26-15)13-6-3-9-27-13)25-10-14-19-12-5-2-1-4-11(12)18(24)20-14/h1-6,9H,7-8,10H2,(H,19,20,24). The van der Waals surface area contributed by atoms with Crippen LogP contribution in [0.4, 0.5) is 0 Å². The van der Waals surface area contributed by atoms with Crippen LogP contribution >= 0.6 is 11.3 Å². The minimum absolute atomic E-state index is 0.0872. The molecule has 1 N–H and O–H groups in total. The number of esters is 1. The van der Waals surface area contributed by atoms with Gasteiger partial charge >= 0.3 is 5.97 Å². The van der Waals surface area contributed by atoms with E-state index in [4.69, 9.17) is 9.26 Å². The normalized spacial score (nSPS) is 11.0. The second-order valence-corrected chi connectivity index (χ2v) is 6.63. The maximum absolute atomic E-state index is 12.0. The van der Waals surface area contributed by atoms with Crippen molar-refractivity contribution >= 4 is 28.2 Å². The number of para-hydroxylation sites is 1. The minimum Gasteiger partial charge on any atom is -0.458 e. The molecule has 136 valence electrons. The Bertz CT molecular complexity index is 1130. The largest absolute Gasteiger partial charge is 0.458 e. The van der Waals surface area contributed by atoms with E-state index in [1.807, 2.05) is 17.5 Å². The van der Waals surface area contributed by atoms with Gasteiger partial charge in [-0.2, -0.15) is 4.98 Å². The van der Waals surface area contributed by atoms with Gasteiger partial charge in [-0.1, -0.05) is 23.4 Å². The van der Waals surface area contributed by atoms with E-state index in [0.29, 0.717) is 28.4 Å². The zero-order valence-electron chi connectivity index (χ0n) is 14.0. The average Bonchev–Trinajstić information content (AvgIpc) is 3.36. The molecule has 0 bridgehead atoms. The maximum atomic E-state index is 12.0. The number of carbonyl (C=O) groups excluding carboxylic acids is 1. The molecular formula is C18H14N4O4S. The number of ether oxygens (including phenoxy) is 1. The van der Waals surface area contributed by atoms with E-state index in [0.717, 1.165) is 4.88 Å². The van der Waals surface area contributed by atoms with Gasteiger partial charge in [0, 0.05) is 6.42 Å². The highest BCUT2D eigenvalue weighted by Crippen LogP contribution is 2.21. The van der Waals surface area contributed by atoms with E-state index in [9.17, 15) is 9.59 Å². The highest BCUT2D eigenvalue weighted by molar-refractivity contribution is 7.13. The van der Waals surface area contributed by atoms with Gasteiger partial charge in [0.1, 0.15) is 12.4 Å². The third-order valence-corrected chi connectivity index (χ3v) is 4.65. The van der Waals surface area contributed by atoms with Gasteiger partial charge in [-0.3, -0.25) is 9.59 Å². The number of hydrogen-bond donors (Lipinski definition) is 1. The van der Waals surface area contributed by atoms with E-state index < -0.39 is 5.97 Å². The molecule has 4 rings (SSSR count). The van der Waals surface area contributed by atoms with Crippen LogP contribution in [0.3, 0.4) is 0 Å². The van der Waals surface area contributed by atoms with Crippen molar-refractivity contribution in [2.75, 3.05) is 0 Å². The number of aromatic nitrogens is 4. The van der Waals surface area contributed by atoms with Crippen LogP contribution in [0.25, 0.3) is 21.6 Å². The first-order valence-corrected chi connectivity index (χ1v) is 9.07. The first-order valence-electron chi connectivity index (χ1n) is 8.19. The monoisotopic (exact) mass is 382 g/mol. The number of carbonyl (C=O) groups is 1. The Morgan fingerprint density at radius 2 is 2.07 bits per heavy atom. The first-order chi connectivity index (χ1) is 13.2. The Balaban J connectivity index is 1.33. The molecule has 27 heavy (non-hydrogen) atoms. The molecule has 3 heterocycles. The van der Waals surface area contributed by atoms with Gasteiger partial charge in [-0.15, -0.1) is 11.3 Å². The van der Waals surface area contributed by atoms with Crippen LogP contribution in [0, 0.1) is 0 Å². The molecule has 0 aliphatic carbocycles. The number of rotatable bonds is 6. The lowest BCUT2D eigenvalue weighted by molar-refractivity contribution is -0.145. The van der Waals surface area contributed by atoms with E-state index >= 15 is 0 Å². The number of benzene rings is 1. The van der Waals surface area contributed by atoms with Crippen LogP contribution in [0.1, 0.15) is 18.1 Å². The summed E-state index contributed by atoms with van der Waals surface area (Å²) in [5, 5.41) is 6.31. The van der Waals surface area contributed by atoms with Crippen LogP contribution in [-0.2, 0) is 22.6 Å². The van der Waals surface area contributed by atoms with E-state index in [1.54, 1.807) is 24.3 Å². The van der Waals surface area contributed by atoms with Crippen LogP contribution in [-0.4, -0.2) is 26.1 Å². The van der Waals surface area contributed by atoms with Gasteiger partial charge in [-0.25, -0.2) is 4.98 Å². The van der Waals surface area contributed by atoms with E-state index in [1.165, 1.54) is 11.3 Å². The van der Waals surface area contributed by atoms with Gasteiger partial charge < -0.3 is 14.2 Å². The summed E-state index contributed by atoms with van der Waals surface area (Å²) in [5.74, 6) is 0.727. The molecule has 0 unspecified atom stereocenters. The third-order valence-electron chi connectivity index (χ3n) is 3.78. The molecule has 0 atom stereocenters. The number of fused-ring (bicyclic) bond motifs is 1. The Hall–Kier alpha value is -3.33. The maximum Gasteiger partial charge on any atom is 0.306 e. The highest BCUT2D eigenvalue weighted by atomic mass is 32.1. The Kier molecular flexibility index (Phi) is 4.75. The summed E-state index contributed by atoms with van der Waals surface area (Å²) >= 11 is 1.51. The van der Waals surface area contributed by atoms with Gasteiger partial charge in [0.2, 0.25) is 11.7 Å². The van der Waals surface area contributed by atoms with Gasteiger partial charge in [0.05, 0.1) is 22.2 Å². The van der Waals surface area contributed by atoms with Gasteiger partial charge in [-0.05, 0) is 23.6 Å². The number of thiophene rings is 1. The van der Waals surface area contributed by atoms with E-state index in [2.05, 4.69) is 20.1 Å². The van der Waals surface area contributed by atoms with Crippen LogP contribution in [0.5, 0.6) is 0 Å². The zero-order valence-corrected chi connectivity index (χ0v) is 14.9. The number of hydrogen-bond acceptors (Lipinski definition) is 8. The van der Waals surface area contributed by atoms with Crippen LogP contribution in [0.15, 0.2) is 51.1 Å².